The van der Waals surface area contributed by atoms with Crippen LogP contribution in [-0.4, -0.2) is 68.3 Å². The van der Waals surface area contributed by atoms with Gasteiger partial charge in [0.2, 0.25) is 0 Å². The molecule has 0 aliphatic carbocycles. The first kappa shape index (κ1) is 27.1. The van der Waals surface area contributed by atoms with E-state index in [0.29, 0.717) is 0 Å². The Kier molecular flexibility index (Phi) is 17.4. The van der Waals surface area contributed by atoms with Crippen LogP contribution < -0.4 is 0 Å². The van der Waals surface area contributed by atoms with Crippen molar-refractivity contribution < 1.29 is 32.8 Å². The number of carbonyl (C=O) groups is 2. The Balaban J connectivity index is 0. The molecule has 25 heavy (non-hydrogen) atoms. The molecule has 0 aliphatic rings. The van der Waals surface area contributed by atoms with Gasteiger partial charge in [0.1, 0.15) is 0 Å². The summed E-state index contributed by atoms with van der Waals surface area (Å²) in [6.07, 6.45) is 10.5. The van der Waals surface area contributed by atoms with Crippen molar-refractivity contribution in [3.63, 3.8) is 0 Å². The number of rotatable bonds is 13. The van der Waals surface area contributed by atoms with Crippen LogP contribution in [0, 0.1) is 5.92 Å². The van der Waals surface area contributed by atoms with Gasteiger partial charge in [-0.05, 0) is 0 Å². The van der Waals surface area contributed by atoms with Crippen LogP contribution in [0.1, 0.15) is 71.6 Å². The second kappa shape index (κ2) is 16.1. The van der Waals surface area contributed by atoms with Crippen LogP contribution in [0.25, 0.3) is 0 Å². The van der Waals surface area contributed by atoms with E-state index in [-0.39, 0.29) is 0 Å². The van der Waals surface area contributed by atoms with Crippen molar-refractivity contribution in [3.05, 3.63) is 0 Å². The molecule has 2 atom stereocenters. The van der Waals surface area contributed by atoms with E-state index in [9.17, 15) is 18.0 Å². The van der Waals surface area contributed by atoms with E-state index < -0.39 is 33.7 Å². The summed E-state index contributed by atoms with van der Waals surface area (Å²) in [6.45, 7) is 4.60. The van der Waals surface area contributed by atoms with Crippen LogP contribution in [0.3, 0.4) is 0 Å². The van der Waals surface area contributed by atoms with E-state index in [0.717, 1.165) is 5.92 Å². The Bertz CT molecular complexity index is 465. The van der Waals surface area contributed by atoms with Gasteiger partial charge in [0.15, 0.2) is 5.25 Å². The van der Waals surface area contributed by atoms with E-state index in [1.807, 2.05) is 0 Å². The molecule has 0 bridgehead atoms. The maximum Gasteiger partial charge on any atom is 0.325 e. The summed E-state index contributed by atoms with van der Waals surface area (Å²) in [5, 5.41) is 13.9. The van der Waals surface area contributed by atoms with Crippen molar-refractivity contribution in [1.29, 1.82) is 0 Å². The molecule has 0 radical (unpaired) electrons. The van der Waals surface area contributed by atoms with E-state index in [1.54, 1.807) is 0 Å². The monoisotopic (exact) mass is 390 g/mol. The van der Waals surface area contributed by atoms with Gasteiger partial charge in [-0.25, -0.2) is 0 Å². The molecule has 2 unspecified atom stereocenters. The van der Waals surface area contributed by atoms with E-state index in [2.05, 4.69) is 13.8 Å². The first-order valence-corrected chi connectivity index (χ1v) is 11.9. The van der Waals surface area contributed by atoms with Gasteiger partial charge in [-0.2, -0.15) is 8.42 Å². The number of aliphatic carboxylic acids is 2. The summed E-state index contributed by atoms with van der Waals surface area (Å²) in [7, 11) is -4.84. The van der Waals surface area contributed by atoms with Gasteiger partial charge >= 0.3 is 115 Å². The molecule has 144 valence electrons. The zero-order chi connectivity index (χ0) is 19.9. The topological polar surface area (TPSA) is 129 Å². The third kappa shape index (κ3) is 17.0. The number of carboxylic acid groups (broad SMARTS) is 2. The average Bonchev–Trinajstić information content (AvgIpc) is 2.51. The Hall–Kier alpha value is -0.150. The Labute approximate surface area is 168 Å². The molecule has 0 saturated heterocycles. The minimum absolute atomic E-state index is 1.09. The first-order valence-electron chi connectivity index (χ1n) is 9.00. The quantitative estimate of drug-likeness (QED) is 0.250. The van der Waals surface area contributed by atoms with E-state index in [1.165, 1.54) is 83.0 Å². The zero-order valence-corrected chi connectivity index (χ0v) is 18.4. The van der Waals surface area contributed by atoms with Crippen molar-refractivity contribution in [1.82, 2.24) is 0 Å². The molecule has 0 rings (SSSR count). The third-order valence-electron chi connectivity index (χ3n) is 4.00. The minimum Gasteiger partial charge on any atom is -0.481 e. The predicted molar refractivity (Wildman–Crippen MR) is 97.6 cm³/mol. The average molecular weight is 390 g/mol. The van der Waals surface area contributed by atoms with Crippen molar-refractivity contribution in [3.8, 4) is 0 Å². The molecule has 0 aromatic rings. The molecule has 0 amide bonds. The van der Waals surface area contributed by atoms with Gasteiger partial charge in [0.25, 0.3) is 10.1 Å². The van der Waals surface area contributed by atoms with Crippen molar-refractivity contribution in [2.45, 2.75) is 80.6 Å². The van der Waals surface area contributed by atoms with Crippen molar-refractivity contribution in [2.75, 3.05) is 0 Å². The van der Waals surface area contributed by atoms with Crippen LogP contribution in [0.2, 0.25) is 3.67 Å². The summed E-state index contributed by atoms with van der Waals surface area (Å²) in [6, 6.07) is 0. The second-order valence-electron chi connectivity index (χ2n) is 6.21. The van der Waals surface area contributed by atoms with E-state index in [4.69, 9.17) is 14.8 Å². The Morgan fingerprint density at radius 1 is 0.960 bits per heavy atom. The first-order chi connectivity index (χ1) is 11.6. The van der Waals surface area contributed by atoms with E-state index >= 15 is 0 Å². The van der Waals surface area contributed by atoms with Gasteiger partial charge in [-0.1, -0.05) is 0 Å². The van der Waals surface area contributed by atoms with Crippen molar-refractivity contribution >= 4 is 50.0 Å². The normalized spacial score (nSPS) is 13.5. The summed E-state index contributed by atoms with van der Waals surface area (Å²) >= 11 is 1.41. The summed E-state index contributed by atoms with van der Waals surface area (Å²) in [5.74, 6) is -2.41. The van der Waals surface area contributed by atoms with Crippen LogP contribution in [-0.2, 0) is 19.7 Å². The molecule has 0 aliphatic heterocycles. The number of hydrogen-bond acceptors (Lipinski definition) is 4. The molecule has 7 nitrogen and oxygen atoms in total. The van der Waals surface area contributed by atoms with Crippen LogP contribution in [0.15, 0.2) is 0 Å². The van der Waals surface area contributed by atoms with Gasteiger partial charge in [0.05, 0.1) is 6.42 Å². The summed E-state index contributed by atoms with van der Waals surface area (Å²) in [4.78, 5) is 20.0. The second-order valence-corrected chi connectivity index (χ2v) is 8.62. The maximum absolute atomic E-state index is 10.2. The fourth-order valence-corrected chi connectivity index (χ4v) is 3.81. The molecule has 9 heteroatoms. The summed E-state index contributed by atoms with van der Waals surface area (Å²) in [5.41, 5.74) is 0. The molecule has 0 aromatic heterocycles. The largest absolute Gasteiger partial charge is 0.481 e. The van der Waals surface area contributed by atoms with Crippen molar-refractivity contribution in [2.24, 2.45) is 5.92 Å². The Morgan fingerprint density at radius 3 is 1.80 bits per heavy atom. The van der Waals surface area contributed by atoms with Gasteiger partial charge < -0.3 is 10.2 Å². The summed E-state index contributed by atoms with van der Waals surface area (Å²) < 4.78 is 30.2. The molecular formula is C16H31NaO7S. The molecule has 0 spiro atoms. The van der Waals surface area contributed by atoms with Gasteiger partial charge in [-0.3, -0.25) is 14.1 Å². The number of unbranched alkanes of at least 4 members (excludes halogenated alkanes) is 4. The molecule has 0 saturated carbocycles. The molecule has 0 aromatic carbocycles. The standard InChI is InChI=1S/C12H25.C4H6O7S.Na/c1-4-6-8-9-11-12(3)10-7-5-2;5-3(6)1-2(4(7)8)12(9,10)11;/h12H,3-11H2,1-2H3;2H,1H2,(H,5,6)(H,7,8)(H,9,10,11);. The zero-order valence-electron chi connectivity index (χ0n) is 15.6. The maximum atomic E-state index is 10.2. The molecule has 3 N–H and O–H groups in total. The van der Waals surface area contributed by atoms with Crippen LogP contribution >= 0.6 is 0 Å². The smallest absolute Gasteiger partial charge is 0.325 e. The number of carboxylic acids is 2. The predicted octanol–water partition coefficient (Wildman–Crippen LogP) is 3.15. The van der Waals surface area contributed by atoms with Crippen LogP contribution in [0.5, 0.6) is 0 Å². The molecule has 0 fully saturated rings. The van der Waals surface area contributed by atoms with Crippen LogP contribution in [0.4, 0.5) is 0 Å². The SMILES string of the molecule is CCCCCCC([CH2][Na])CCCC.O=C(O)CC(C(=O)O)S(=O)(=O)O. The molecular weight excluding hydrogens is 359 g/mol. The third-order valence-corrected chi connectivity index (χ3v) is 6.25. The van der Waals surface area contributed by atoms with Gasteiger partial charge in [0, 0.05) is 0 Å². The fraction of sp³-hybridized carbons (Fsp3) is 0.875. The number of hydrogen-bond donors (Lipinski definition) is 3. The Morgan fingerprint density at radius 2 is 1.48 bits per heavy atom. The van der Waals surface area contributed by atoms with Gasteiger partial charge in [-0.15, -0.1) is 0 Å². The fourth-order valence-electron chi connectivity index (χ4n) is 2.38. The minimum atomic E-state index is -4.84. The molecule has 0 heterocycles.